The van der Waals surface area contributed by atoms with Crippen LogP contribution in [0.4, 0.5) is 0 Å². The summed E-state index contributed by atoms with van der Waals surface area (Å²) in [6.45, 7) is 6.66. The predicted octanol–water partition coefficient (Wildman–Crippen LogP) is 2.80. The van der Waals surface area contributed by atoms with Crippen LogP contribution in [0.5, 0.6) is 0 Å². The summed E-state index contributed by atoms with van der Waals surface area (Å²) in [6.07, 6.45) is 4.08. The Labute approximate surface area is 90.8 Å². The number of nitrogens with zero attached hydrogens (tertiary/aromatic N) is 1. The molecular weight excluding hydrogens is 190 g/mol. The van der Waals surface area contributed by atoms with Gasteiger partial charge in [0.05, 0.1) is 12.8 Å². The molecule has 0 unspecified atom stereocenters. The van der Waals surface area contributed by atoms with Gasteiger partial charge in [-0.3, -0.25) is 0 Å². The Morgan fingerprint density at radius 1 is 1.47 bits per heavy atom. The summed E-state index contributed by atoms with van der Waals surface area (Å²) in [4.78, 5) is 0. The van der Waals surface area contributed by atoms with Gasteiger partial charge >= 0.3 is 0 Å². The third-order valence-corrected chi connectivity index (χ3v) is 4.76. The van der Waals surface area contributed by atoms with E-state index in [0.717, 1.165) is 24.3 Å². The minimum atomic E-state index is -0.0194. The number of ether oxygens (including phenoxy) is 1. The lowest BCUT2D eigenvalue weighted by molar-refractivity contribution is 0.111. The van der Waals surface area contributed by atoms with Crippen LogP contribution in [0.15, 0.2) is 17.0 Å². The van der Waals surface area contributed by atoms with Gasteiger partial charge in [0.15, 0.2) is 0 Å². The van der Waals surface area contributed by atoms with Crippen LogP contribution in [0.1, 0.15) is 33.6 Å². The SMILES string of the molecule is COC1=C/C(=N\O)[C@]2(C)CC[C@H]1C2(C)C. The molecule has 3 heteroatoms. The van der Waals surface area contributed by atoms with Crippen molar-refractivity contribution in [2.24, 2.45) is 21.9 Å². The van der Waals surface area contributed by atoms with E-state index in [2.05, 4.69) is 25.9 Å². The van der Waals surface area contributed by atoms with Crippen LogP contribution in [-0.2, 0) is 4.74 Å². The first kappa shape index (κ1) is 10.5. The molecule has 1 fully saturated rings. The van der Waals surface area contributed by atoms with E-state index in [1.54, 1.807) is 7.11 Å². The molecule has 84 valence electrons. The van der Waals surface area contributed by atoms with Crippen molar-refractivity contribution < 1.29 is 9.94 Å². The van der Waals surface area contributed by atoms with E-state index in [1.165, 1.54) is 0 Å². The lowest BCUT2D eigenvalue weighted by Crippen LogP contribution is -2.44. The number of hydrogen-bond acceptors (Lipinski definition) is 3. The van der Waals surface area contributed by atoms with Crippen molar-refractivity contribution in [3.8, 4) is 0 Å². The van der Waals surface area contributed by atoms with E-state index in [4.69, 9.17) is 9.94 Å². The molecule has 15 heavy (non-hydrogen) atoms. The number of oxime groups is 1. The Balaban J connectivity index is 2.57. The molecule has 0 aromatic heterocycles. The summed E-state index contributed by atoms with van der Waals surface area (Å²) >= 11 is 0. The molecule has 2 rings (SSSR count). The fourth-order valence-electron chi connectivity index (χ4n) is 3.19. The van der Waals surface area contributed by atoms with E-state index in [-0.39, 0.29) is 10.8 Å². The molecular formula is C12H19NO2. The van der Waals surface area contributed by atoms with Gasteiger partial charge in [-0.15, -0.1) is 0 Å². The van der Waals surface area contributed by atoms with Crippen LogP contribution in [0.3, 0.4) is 0 Å². The molecule has 0 radical (unpaired) electrons. The van der Waals surface area contributed by atoms with Crippen LogP contribution in [0, 0.1) is 16.7 Å². The molecule has 0 amide bonds. The van der Waals surface area contributed by atoms with E-state index in [1.807, 2.05) is 6.08 Å². The molecule has 2 bridgehead atoms. The Hall–Kier alpha value is -0.990. The molecule has 2 atom stereocenters. The highest BCUT2D eigenvalue weighted by Crippen LogP contribution is 2.61. The van der Waals surface area contributed by atoms with Crippen LogP contribution >= 0.6 is 0 Å². The van der Waals surface area contributed by atoms with Gasteiger partial charge < -0.3 is 9.94 Å². The molecule has 1 saturated carbocycles. The van der Waals surface area contributed by atoms with Gasteiger partial charge in [0.2, 0.25) is 0 Å². The van der Waals surface area contributed by atoms with Crippen molar-refractivity contribution in [3.05, 3.63) is 11.8 Å². The number of hydrogen-bond donors (Lipinski definition) is 1. The van der Waals surface area contributed by atoms with Crippen molar-refractivity contribution in [2.75, 3.05) is 7.11 Å². The number of allylic oxidation sites excluding steroid dienone is 2. The molecule has 0 saturated heterocycles. The molecule has 1 N–H and O–H groups in total. The topological polar surface area (TPSA) is 41.8 Å². The van der Waals surface area contributed by atoms with Gasteiger partial charge in [-0.2, -0.15) is 0 Å². The average molecular weight is 209 g/mol. The lowest BCUT2D eigenvalue weighted by Gasteiger charge is -2.44. The van der Waals surface area contributed by atoms with Gasteiger partial charge in [0.25, 0.3) is 0 Å². The first-order chi connectivity index (χ1) is 6.97. The average Bonchev–Trinajstić information content (AvgIpc) is 2.37. The molecule has 2 aliphatic rings. The number of fused-ring (bicyclic) bond motifs is 2. The van der Waals surface area contributed by atoms with Crippen molar-refractivity contribution >= 4 is 5.71 Å². The van der Waals surface area contributed by atoms with Gasteiger partial charge in [0, 0.05) is 17.4 Å². The van der Waals surface area contributed by atoms with E-state index in [9.17, 15) is 0 Å². The summed E-state index contributed by atoms with van der Waals surface area (Å²) in [5.74, 6) is 1.42. The molecule has 0 heterocycles. The molecule has 0 aromatic carbocycles. The van der Waals surface area contributed by atoms with Crippen molar-refractivity contribution in [3.63, 3.8) is 0 Å². The summed E-state index contributed by atoms with van der Waals surface area (Å²) < 4.78 is 5.40. The predicted molar refractivity (Wildman–Crippen MR) is 58.9 cm³/mol. The lowest BCUT2D eigenvalue weighted by atomic mass is 9.60. The molecule has 0 aliphatic heterocycles. The minimum Gasteiger partial charge on any atom is -0.501 e. The third kappa shape index (κ3) is 1.09. The zero-order valence-electron chi connectivity index (χ0n) is 9.87. The Kier molecular flexibility index (Phi) is 2.11. The smallest absolute Gasteiger partial charge is 0.101 e. The van der Waals surface area contributed by atoms with Crippen molar-refractivity contribution in [2.45, 2.75) is 33.6 Å². The van der Waals surface area contributed by atoms with E-state index in [0.29, 0.717) is 5.92 Å². The highest BCUT2D eigenvalue weighted by atomic mass is 16.5. The van der Waals surface area contributed by atoms with Gasteiger partial charge in [0.1, 0.15) is 5.76 Å². The fraction of sp³-hybridized carbons (Fsp3) is 0.750. The molecule has 2 aliphatic carbocycles. The summed E-state index contributed by atoms with van der Waals surface area (Å²) in [7, 11) is 1.69. The summed E-state index contributed by atoms with van der Waals surface area (Å²) in [5, 5.41) is 12.6. The van der Waals surface area contributed by atoms with Gasteiger partial charge in [-0.05, 0) is 18.3 Å². The Bertz CT molecular complexity index is 344. The van der Waals surface area contributed by atoms with E-state index < -0.39 is 0 Å². The van der Waals surface area contributed by atoms with Crippen LogP contribution in [0.25, 0.3) is 0 Å². The fourth-order valence-corrected chi connectivity index (χ4v) is 3.19. The number of rotatable bonds is 1. The maximum Gasteiger partial charge on any atom is 0.101 e. The van der Waals surface area contributed by atoms with Crippen LogP contribution in [-0.4, -0.2) is 18.0 Å². The quantitative estimate of drug-likeness (QED) is 0.533. The highest BCUT2D eigenvalue weighted by molar-refractivity contribution is 6.01. The Morgan fingerprint density at radius 2 is 2.13 bits per heavy atom. The second kappa shape index (κ2) is 3.00. The maximum absolute atomic E-state index is 9.11. The zero-order valence-corrected chi connectivity index (χ0v) is 9.87. The Morgan fingerprint density at radius 3 is 2.67 bits per heavy atom. The van der Waals surface area contributed by atoms with E-state index >= 15 is 0 Å². The first-order valence-corrected chi connectivity index (χ1v) is 5.45. The third-order valence-electron chi connectivity index (χ3n) is 4.76. The standard InChI is InChI=1S/C12H19NO2/c1-11(2)8-5-6-12(11,3)10(13-14)7-9(8)15-4/h7-8,14H,5-6H2,1-4H3/b13-10+/t8-,12+/m1/s1. The monoisotopic (exact) mass is 209 g/mol. The first-order valence-electron chi connectivity index (χ1n) is 5.45. The van der Waals surface area contributed by atoms with Gasteiger partial charge in [-0.25, -0.2) is 0 Å². The van der Waals surface area contributed by atoms with Crippen molar-refractivity contribution in [1.29, 1.82) is 0 Å². The molecule has 3 nitrogen and oxygen atoms in total. The molecule has 0 spiro atoms. The second-order valence-electron chi connectivity index (χ2n) is 5.38. The van der Waals surface area contributed by atoms with Crippen LogP contribution in [0.2, 0.25) is 0 Å². The number of methoxy groups -OCH3 is 1. The van der Waals surface area contributed by atoms with Crippen LogP contribution < -0.4 is 0 Å². The summed E-state index contributed by atoms with van der Waals surface area (Å²) in [6, 6.07) is 0. The maximum atomic E-state index is 9.11. The normalized spacial score (nSPS) is 40.4. The van der Waals surface area contributed by atoms with Gasteiger partial charge in [-0.1, -0.05) is 25.9 Å². The second-order valence-corrected chi connectivity index (χ2v) is 5.38. The van der Waals surface area contributed by atoms with Crippen molar-refractivity contribution in [1.82, 2.24) is 0 Å². The largest absolute Gasteiger partial charge is 0.501 e. The molecule has 0 aromatic rings. The zero-order chi connectivity index (χ0) is 11.3. The minimum absolute atomic E-state index is 0.0194. The highest BCUT2D eigenvalue weighted by Gasteiger charge is 2.58. The summed E-state index contributed by atoms with van der Waals surface area (Å²) in [5.41, 5.74) is 0.849.